The normalized spacial score (nSPS) is 17.8. The van der Waals surface area contributed by atoms with Gasteiger partial charge in [-0.3, -0.25) is 0 Å². The van der Waals surface area contributed by atoms with Crippen LogP contribution in [0.15, 0.2) is 17.5 Å². The Hall–Kier alpha value is -1.98. The van der Waals surface area contributed by atoms with Crippen LogP contribution < -0.4 is 4.74 Å². The zero-order valence-electron chi connectivity index (χ0n) is 8.08. The van der Waals surface area contributed by atoms with Gasteiger partial charge in [0.15, 0.2) is 11.6 Å². The number of fused-ring (bicyclic) bond motifs is 1. The summed E-state index contributed by atoms with van der Waals surface area (Å²) in [5.41, 5.74) is 0. The quantitative estimate of drug-likeness (QED) is 0.660. The van der Waals surface area contributed by atoms with Gasteiger partial charge in [0.05, 0.1) is 19.0 Å². The molecule has 2 rings (SSSR count). The summed E-state index contributed by atoms with van der Waals surface area (Å²) >= 11 is 0. The van der Waals surface area contributed by atoms with Gasteiger partial charge in [-0.15, -0.1) is 0 Å². The highest BCUT2D eigenvalue weighted by molar-refractivity contribution is 5.95. The number of esters is 1. The molecule has 0 N–H and O–H groups in total. The summed E-state index contributed by atoms with van der Waals surface area (Å²) in [5, 5.41) is 0. The molecule has 0 amide bonds. The Morgan fingerprint density at radius 1 is 1.67 bits per heavy atom. The molecule has 6 heteroatoms. The molecule has 0 aliphatic carbocycles. The molecular formula is C9H9N3O3. The van der Waals surface area contributed by atoms with Crippen LogP contribution in [0.2, 0.25) is 0 Å². The number of aromatic nitrogens is 2. The average molecular weight is 207 g/mol. The molecule has 1 aromatic rings. The lowest BCUT2D eigenvalue weighted by Crippen LogP contribution is -2.32. The molecule has 15 heavy (non-hydrogen) atoms. The molecule has 1 aliphatic heterocycles. The molecule has 78 valence electrons. The fourth-order valence-corrected chi connectivity index (χ4v) is 1.13. The maximum Gasteiger partial charge on any atom is 0.353 e. The van der Waals surface area contributed by atoms with Gasteiger partial charge in [0.2, 0.25) is 6.10 Å². The third-order valence-corrected chi connectivity index (χ3v) is 1.76. The lowest BCUT2D eigenvalue weighted by molar-refractivity contribution is -0.148. The fourth-order valence-electron chi connectivity index (χ4n) is 1.13. The van der Waals surface area contributed by atoms with Crippen molar-refractivity contribution in [2.24, 2.45) is 4.99 Å². The van der Waals surface area contributed by atoms with E-state index in [0.29, 0.717) is 18.2 Å². The van der Waals surface area contributed by atoms with E-state index in [1.165, 1.54) is 18.7 Å². The number of aliphatic imine (C=N–C) groups is 1. The Bertz CT molecular complexity index is 405. The van der Waals surface area contributed by atoms with Crippen molar-refractivity contribution < 1.29 is 14.3 Å². The van der Waals surface area contributed by atoms with E-state index in [2.05, 4.69) is 15.0 Å². The van der Waals surface area contributed by atoms with Crippen molar-refractivity contribution in [2.75, 3.05) is 6.61 Å². The second-order valence-corrected chi connectivity index (χ2v) is 2.78. The SMILES string of the molecule is CCOC(=O)C1C=Nc2ncncc2O1. The van der Waals surface area contributed by atoms with E-state index in [-0.39, 0.29) is 0 Å². The third kappa shape index (κ3) is 1.93. The van der Waals surface area contributed by atoms with Gasteiger partial charge in [-0.2, -0.15) is 0 Å². The molecule has 1 aliphatic rings. The standard InChI is InChI=1S/C9H9N3O3/c1-2-14-9(13)7-4-11-8-6(15-7)3-10-5-12-8/h3-5,7H,2H2,1H3. The van der Waals surface area contributed by atoms with Gasteiger partial charge in [0.1, 0.15) is 6.33 Å². The molecule has 0 saturated heterocycles. The minimum atomic E-state index is -0.802. The number of ether oxygens (including phenoxy) is 2. The predicted octanol–water partition coefficient (Wildman–Crippen LogP) is 0.503. The summed E-state index contributed by atoms with van der Waals surface area (Å²) in [6, 6.07) is 0. The van der Waals surface area contributed by atoms with Crippen molar-refractivity contribution in [2.45, 2.75) is 13.0 Å². The molecule has 1 atom stereocenters. The average Bonchev–Trinajstić information content (AvgIpc) is 2.29. The first-order chi connectivity index (χ1) is 7.31. The summed E-state index contributed by atoms with van der Waals surface area (Å²) in [7, 11) is 0. The van der Waals surface area contributed by atoms with E-state index >= 15 is 0 Å². The fraction of sp³-hybridized carbons (Fsp3) is 0.333. The molecule has 0 fully saturated rings. The van der Waals surface area contributed by atoms with E-state index in [0.717, 1.165) is 0 Å². The number of nitrogens with zero attached hydrogens (tertiary/aromatic N) is 3. The topological polar surface area (TPSA) is 73.7 Å². The number of hydrogen-bond acceptors (Lipinski definition) is 6. The first kappa shape index (κ1) is 9.57. The molecular weight excluding hydrogens is 198 g/mol. The Balaban J connectivity index is 2.15. The maximum absolute atomic E-state index is 11.3. The van der Waals surface area contributed by atoms with Gasteiger partial charge in [-0.25, -0.2) is 19.8 Å². The molecule has 2 heterocycles. The van der Waals surface area contributed by atoms with Crippen molar-refractivity contribution in [3.05, 3.63) is 12.5 Å². The van der Waals surface area contributed by atoms with Crippen LogP contribution in [0.1, 0.15) is 6.92 Å². The van der Waals surface area contributed by atoms with Gasteiger partial charge >= 0.3 is 5.97 Å². The van der Waals surface area contributed by atoms with E-state index in [1.807, 2.05) is 0 Å². The summed E-state index contributed by atoms with van der Waals surface area (Å²) < 4.78 is 10.1. The highest BCUT2D eigenvalue weighted by Crippen LogP contribution is 2.26. The second kappa shape index (κ2) is 4.04. The van der Waals surface area contributed by atoms with Crippen molar-refractivity contribution >= 4 is 18.0 Å². The molecule has 0 aromatic carbocycles. The number of carbonyl (C=O) groups is 1. The van der Waals surface area contributed by atoms with Gasteiger partial charge in [0, 0.05) is 0 Å². The first-order valence-electron chi connectivity index (χ1n) is 4.48. The highest BCUT2D eigenvalue weighted by atomic mass is 16.6. The third-order valence-electron chi connectivity index (χ3n) is 1.76. The van der Waals surface area contributed by atoms with Crippen LogP contribution in [0, 0.1) is 0 Å². The Labute approximate surface area is 86.0 Å². The van der Waals surface area contributed by atoms with Gasteiger partial charge in [-0.1, -0.05) is 0 Å². The summed E-state index contributed by atoms with van der Waals surface area (Å²) in [5.74, 6) is 0.347. The van der Waals surface area contributed by atoms with Crippen LogP contribution in [0.25, 0.3) is 0 Å². The highest BCUT2D eigenvalue weighted by Gasteiger charge is 2.24. The Morgan fingerprint density at radius 2 is 2.53 bits per heavy atom. The molecule has 0 bridgehead atoms. The lowest BCUT2D eigenvalue weighted by Gasteiger charge is -2.17. The van der Waals surface area contributed by atoms with Crippen LogP contribution >= 0.6 is 0 Å². The van der Waals surface area contributed by atoms with Crippen LogP contribution in [-0.2, 0) is 9.53 Å². The molecule has 0 saturated carbocycles. The van der Waals surface area contributed by atoms with E-state index in [9.17, 15) is 4.79 Å². The predicted molar refractivity (Wildman–Crippen MR) is 51.2 cm³/mol. The van der Waals surface area contributed by atoms with Gasteiger partial charge in [-0.05, 0) is 6.92 Å². The van der Waals surface area contributed by atoms with E-state index in [1.54, 1.807) is 6.92 Å². The number of carbonyl (C=O) groups excluding carboxylic acids is 1. The Morgan fingerprint density at radius 3 is 3.33 bits per heavy atom. The van der Waals surface area contributed by atoms with Crippen molar-refractivity contribution in [1.29, 1.82) is 0 Å². The van der Waals surface area contributed by atoms with Crippen LogP contribution in [-0.4, -0.2) is 34.9 Å². The van der Waals surface area contributed by atoms with Crippen LogP contribution in [0.4, 0.5) is 5.82 Å². The van der Waals surface area contributed by atoms with Gasteiger partial charge in [0.25, 0.3) is 0 Å². The molecule has 6 nitrogen and oxygen atoms in total. The van der Waals surface area contributed by atoms with Crippen molar-refractivity contribution in [3.8, 4) is 5.75 Å². The lowest BCUT2D eigenvalue weighted by atomic mass is 10.3. The summed E-state index contributed by atoms with van der Waals surface area (Å²) in [6.45, 7) is 2.04. The first-order valence-corrected chi connectivity index (χ1v) is 4.48. The molecule has 1 aromatic heterocycles. The summed E-state index contributed by atoms with van der Waals surface area (Å²) in [4.78, 5) is 23.0. The van der Waals surface area contributed by atoms with Gasteiger partial charge < -0.3 is 9.47 Å². The molecule has 0 radical (unpaired) electrons. The van der Waals surface area contributed by atoms with Crippen LogP contribution in [0.5, 0.6) is 5.75 Å². The summed E-state index contributed by atoms with van der Waals surface area (Å²) in [6.07, 6.45) is 3.39. The second-order valence-electron chi connectivity index (χ2n) is 2.78. The van der Waals surface area contributed by atoms with Crippen molar-refractivity contribution in [1.82, 2.24) is 9.97 Å². The minimum absolute atomic E-state index is 0.310. The zero-order chi connectivity index (χ0) is 10.7. The largest absolute Gasteiger partial charge is 0.467 e. The maximum atomic E-state index is 11.3. The van der Waals surface area contributed by atoms with E-state index < -0.39 is 12.1 Å². The zero-order valence-corrected chi connectivity index (χ0v) is 8.08. The molecule has 1 unspecified atom stereocenters. The number of hydrogen-bond donors (Lipinski definition) is 0. The van der Waals surface area contributed by atoms with Crippen molar-refractivity contribution in [3.63, 3.8) is 0 Å². The minimum Gasteiger partial charge on any atom is -0.467 e. The van der Waals surface area contributed by atoms with Crippen LogP contribution in [0.3, 0.4) is 0 Å². The van der Waals surface area contributed by atoms with E-state index in [4.69, 9.17) is 9.47 Å². The Kier molecular flexibility index (Phi) is 2.57. The molecule has 0 spiro atoms. The monoisotopic (exact) mass is 207 g/mol. The number of rotatable bonds is 2. The smallest absolute Gasteiger partial charge is 0.353 e.